The van der Waals surface area contributed by atoms with Gasteiger partial charge in [0.05, 0.1) is 6.26 Å². The Morgan fingerprint density at radius 1 is 1.00 bits per heavy atom. The van der Waals surface area contributed by atoms with Gasteiger partial charge >= 0.3 is 0 Å². The van der Waals surface area contributed by atoms with Crippen molar-refractivity contribution < 1.29 is 13.2 Å². The fourth-order valence-electron chi connectivity index (χ4n) is 1.54. The lowest BCUT2D eigenvalue weighted by Crippen LogP contribution is -2.12. The van der Waals surface area contributed by atoms with Gasteiger partial charge in [0.1, 0.15) is 0 Å². The second kappa shape index (κ2) is 5.70. The number of nitrogens with zero attached hydrogens (tertiary/aromatic N) is 1. The van der Waals surface area contributed by atoms with Gasteiger partial charge < -0.3 is 5.32 Å². The van der Waals surface area contributed by atoms with E-state index >= 15 is 0 Å². The summed E-state index contributed by atoms with van der Waals surface area (Å²) in [6.07, 6.45) is 4.15. The molecule has 1 aromatic heterocycles. The van der Waals surface area contributed by atoms with Crippen molar-refractivity contribution in [2.24, 2.45) is 0 Å². The van der Waals surface area contributed by atoms with Crippen LogP contribution in [0.1, 0.15) is 10.4 Å². The zero-order valence-corrected chi connectivity index (χ0v) is 11.5. The third-order valence-corrected chi connectivity index (χ3v) is 3.00. The van der Waals surface area contributed by atoms with Crippen LogP contribution in [0.25, 0.3) is 0 Å². The number of hydrogen-bond acceptors (Lipinski definition) is 4. The number of nitrogens with one attached hydrogen (secondary N) is 2. The fourth-order valence-corrected chi connectivity index (χ4v) is 2.11. The molecule has 0 saturated carbocycles. The number of hydrogen-bond donors (Lipinski definition) is 2. The highest BCUT2D eigenvalue weighted by atomic mass is 32.2. The van der Waals surface area contributed by atoms with Gasteiger partial charge in [-0.15, -0.1) is 0 Å². The van der Waals surface area contributed by atoms with Gasteiger partial charge in [-0.3, -0.25) is 14.5 Å². The maximum atomic E-state index is 11.9. The van der Waals surface area contributed by atoms with Gasteiger partial charge in [-0.25, -0.2) is 8.42 Å². The summed E-state index contributed by atoms with van der Waals surface area (Å²) in [7, 11) is -3.30. The van der Waals surface area contributed by atoms with Crippen molar-refractivity contribution in [3.63, 3.8) is 0 Å². The van der Waals surface area contributed by atoms with E-state index in [9.17, 15) is 13.2 Å². The first kappa shape index (κ1) is 14.0. The van der Waals surface area contributed by atoms with Gasteiger partial charge in [0, 0.05) is 29.3 Å². The topological polar surface area (TPSA) is 88.2 Å². The summed E-state index contributed by atoms with van der Waals surface area (Å²) < 4.78 is 24.5. The van der Waals surface area contributed by atoms with E-state index in [0.717, 1.165) is 6.26 Å². The molecule has 1 amide bonds. The number of pyridine rings is 1. The molecule has 1 aromatic carbocycles. The zero-order valence-electron chi connectivity index (χ0n) is 10.7. The molecule has 0 aliphatic rings. The number of anilines is 2. The number of carbonyl (C=O) groups excluding carboxylic acids is 1. The maximum Gasteiger partial charge on any atom is 0.255 e. The van der Waals surface area contributed by atoms with Gasteiger partial charge in [-0.1, -0.05) is 0 Å². The average molecular weight is 291 g/mol. The standard InChI is InChI=1S/C13H13N3O3S/c1-20(18,19)16-12-4-2-11(3-5-12)15-13(17)10-6-8-14-9-7-10/h2-9,16H,1H3,(H,15,17). The van der Waals surface area contributed by atoms with Crippen molar-refractivity contribution in [2.75, 3.05) is 16.3 Å². The summed E-state index contributed by atoms with van der Waals surface area (Å²) in [4.78, 5) is 15.7. The lowest BCUT2D eigenvalue weighted by Gasteiger charge is -2.07. The lowest BCUT2D eigenvalue weighted by atomic mass is 10.2. The molecule has 0 fully saturated rings. The van der Waals surface area contributed by atoms with E-state index in [2.05, 4.69) is 15.0 Å². The van der Waals surface area contributed by atoms with E-state index in [-0.39, 0.29) is 5.91 Å². The van der Waals surface area contributed by atoms with Crippen molar-refractivity contribution in [2.45, 2.75) is 0 Å². The number of aromatic nitrogens is 1. The van der Waals surface area contributed by atoms with Crippen molar-refractivity contribution in [3.05, 3.63) is 54.4 Å². The molecule has 0 unspecified atom stereocenters. The molecule has 0 atom stereocenters. The molecule has 2 rings (SSSR count). The van der Waals surface area contributed by atoms with Gasteiger partial charge in [-0.2, -0.15) is 0 Å². The summed E-state index contributed by atoms with van der Waals surface area (Å²) in [5, 5.41) is 2.70. The molecule has 0 aliphatic carbocycles. The first-order valence-corrected chi connectivity index (χ1v) is 7.62. The zero-order chi connectivity index (χ0) is 14.6. The minimum absolute atomic E-state index is 0.253. The smallest absolute Gasteiger partial charge is 0.255 e. The molecule has 1 heterocycles. The van der Waals surface area contributed by atoms with Crippen LogP contribution in [0.3, 0.4) is 0 Å². The SMILES string of the molecule is CS(=O)(=O)Nc1ccc(NC(=O)c2ccncc2)cc1. The molecule has 0 spiro atoms. The van der Waals surface area contributed by atoms with Crippen molar-refractivity contribution in [1.29, 1.82) is 0 Å². The first-order chi connectivity index (χ1) is 9.44. The molecular weight excluding hydrogens is 278 g/mol. The summed E-state index contributed by atoms with van der Waals surface area (Å²) in [6, 6.07) is 9.59. The van der Waals surface area contributed by atoms with Crippen LogP contribution >= 0.6 is 0 Å². The molecule has 0 aliphatic heterocycles. The molecule has 7 heteroatoms. The second-order valence-corrected chi connectivity index (χ2v) is 5.89. The van der Waals surface area contributed by atoms with Gasteiger partial charge in [-0.05, 0) is 36.4 Å². The third kappa shape index (κ3) is 4.06. The minimum atomic E-state index is -3.30. The van der Waals surface area contributed by atoms with Gasteiger partial charge in [0.2, 0.25) is 10.0 Å². The molecule has 20 heavy (non-hydrogen) atoms. The van der Waals surface area contributed by atoms with Crippen LogP contribution < -0.4 is 10.0 Å². The molecule has 0 radical (unpaired) electrons. The van der Waals surface area contributed by atoms with E-state index in [4.69, 9.17) is 0 Å². The molecule has 2 N–H and O–H groups in total. The Bertz CT molecular complexity index is 697. The largest absolute Gasteiger partial charge is 0.322 e. The van der Waals surface area contributed by atoms with Crippen molar-refractivity contribution in [3.8, 4) is 0 Å². The Hall–Kier alpha value is -2.41. The lowest BCUT2D eigenvalue weighted by molar-refractivity contribution is 0.102. The number of benzene rings is 1. The van der Waals surface area contributed by atoms with Crippen LogP contribution in [0.5, 0.6) is 0 Å². The predicted octanol–water partition coefficient (Wildman–Crippen LogP) is 1.71. The van der Waals surface area contributed by atoms with E-state index in [1.165, 1.54) is 12.4 Å². The summed E-state index contributed by atoms with van der Waals surface area (Å²) in [5.41, 5.74) is 1.51. The first-order valence-electron chi connectivity index (χ1n) is 5.73. The van der Waals surface area contributed by atoms with E-state index < -0.39 is 10.0 Å². The number of rotatable bonds is 4. The quantitative estimate of drug-likeness (QED) is 0.897. The van der Waals surface area contributed by atoms with E-state index in [1.807, 2.05) is 0 Å². The molecule has 2 aromatic rings. The molecular formula is C13H13N3O3S. The number of amides is 1. The van der Waals surface area contributed by atoms with Crippen molar-refractivity contribution in [1.82, 2.24) is 4.98 Å². The molecule has 0 saturated heterocycles. The number of carbonyl (C=O) groups is 1. The van der Waals surface area contributed by atoms with Crippen molar-refractivity contribution >= 4 is 27.3 Å². The Labute approximate surface area is 116 Å². The number of sulfonamides is 1. The monoisotopic (exact) mass is 291 g/mol. The highest BCUT2D eigenvalue weighted by Crippen LogP contribution is 2.15. The summed E-state index contributed by atoms with van der Waals surface area (Å²) in [5.74, 6) is -0.253. The average Bonchev–Trinajstić information content (AvgIpc) is 2.40. The highest BCUT2D eigenvalue weighted by molar-refractivity contribution is 7.92. The fraction of sp³-hybridized carbons (Fsp3) is 0.0769. The third-order valence-electron chi connectivity index (χ3n) is 2.39. The minimum Gasteiger partial charge on any atom is -0.322 e. The van der Waals surface area contributed by atoms with Crippen LogP contribution in [0.4, 0.5) is 11.4 Å². The van der Waals surface area contributed by atoms with Crippen LogP contribution in [-0.4, -0.2) is 25.6 Å². The van der Waals surface area contributed by atoms with Crippen LogP contribution in [-0.2, 0) is 10.0 Å². The van der Waals surface area contributed by atoms with E-state index in [1.54, 1.807) is 36.4 Å². The Morgan fingerprint density at radius 2 is 1.55 bits per heavy atom. The second-order valence-electron chi connectivity index (χ2n) is 4.14. The van der Waals surface area contributed by atoms with Crippen LogP contribution in [0.2, 0.25) is 0 Å². The highest BCUT2D eigenvalue weighted by Gasteiger charge is 2.06. The van der Waals surface area contributed by atoms with Crippen LogP contribution in [0.15, 0.2) is 48.8 Å². The maximum absolute atomic E-state index is 11.9. The molecule has 6 nitrogen and oxygen atoms in total. The van der Waals surface area contributed by atoms with Gasteiger partial charge in [0.15, 0.2) is 0 Å². The van der Waals surface area contributed by atoms with Crippen LogP contribution in [0, 0.1) is 0 Å². The summed E-state index contributed by atoms with van der Waals surface area (Å²) >= 11 is 0. The predicted molar refractivity (Wildman–Crippen MR) is 77.1 cm³/mol. The van der Waals surface area contributed by atoms with E-state index in [0.29, 0.717) is 16.9 Å². The van der Waals surface area contributed by atoms with Gasteiger partial charge in [0.25, 0.3) is 5.91 Å². The normalized spacial score (nSPS) is 10.8. The molecule has 0 bridgehead atoms. The Kier molecular flexibility index (Phi) is 3.99. The Morgan fingerprint density at radius 3 is 2.10 bits per heavy atom. The Balaban J connectivity index is 2.06. The summed E-state index contributed by atoms with van der Waals surface area (Å²) in [6.45, 7) is 0. The molecule has 104 valence electrons.